The standard InChI is InChI=1S/C51H57BN2S/c1-30-14-21-36-40(26-30)52-43-37(51(36,12)13)22-25-53-46(43)54(44-34-20-19-33(48(5,6)7)27-42(34)55-45(44)52)41-29-39-38(49(8,9)23-24-50(39,10)11)28-35(41)31-15-17-32(18-16-31)47(2,3)4/h14-22,25-29H,23-24H2,1-13H3. The molecule has 4 aromatic carbocycles. The molecular weight excluding hydrogens is 683 g/mol. The summed E-state index contributed by atoms with van der Waals surface area (Å²) < 4.78 is 2.78. The lowest BCUT2D eigenvalue weighted by atomic mass is 9.32. The number of nitrogens with zero attached hydrogens (tertiary/aromatic N) is 2. The van der Waals surface area contributed by atoms with Crippen molar-refractivity contribution < 1.29 is 0 Å². The maximum atomic E-state index is 5.46. The average Bonchev–Trinajstić information content (AvgIpc) is 3.49. The molecule has 55 heavy (non-hydrogen) atoms. The Morgan fingerprint density at radius 2 is 1.31 bits per heavy atom. The number of fused-ring (bicyclic) bond motifs is 7. The first kappa shape index (κ1) is 36.5. The van der Waals surface area contributed by atoms with Crippen molar-refractivity contribution in [3.05, 3.63) is 124 Å². The number of hydrogen-bond acceptors (Lipinski definition) is 3. The molecule has 0 amide bonds. The average molecular weight is 741 g/mol. The van der Waals surface area contributed by atoms with E-state index in [0.29, 0.717) is 0 Å². The molecular formula is C51H57BN2S. The lowest BCUT2D eigenvalue weighted by Crippen LogP contribution is -2.63. The van der Waals surface area contributed by atoms with Gasteiger partial charge in [0, 0.05) is 32.0 Å². The number of hydrogen-bond donors (Lipinski definition) is 0. The van der Waals surface area contributed by atoms with Gasteiger partial charge in [0.05, 0.1) is 11.4 Å². The van der Waals surface area contributed by atoms with Gasteiger partial charge in [0.15, 0.2) is 0 Å². The molecule has 9 rings (SSSR count). The molecule has 2 nitrogen and oxygen atoms in total. The number of benzene rings is 4. The zero-order valence-corrected chi connectivity index (χ0v) is 36.2. The molecule has 6 aromatic rings. The minimum absolute atomic E-state index is 0.0513. The van der Waals surface area contributed by atoms with Gasteiger partial charge in [-0.15, -0.1) is 11.3 Å². The number of rotatable bonds is 2. The van der Waals surface area contributed by atoms with Crippen molar-refractivity contribution in [2.75, 3.05) is 4.90 Å². The predicted octanol–water partition coefficient (Wildman–Crippen LogP) is 12.2. The fourth-order valence-corrected chi connectivity index (χ4v) is 11.4. The summed E-state index contributed by atoms with van der Waals surface area (Å²) in [5, 5.41) is 1.32. The van der Waals surface area contributed by atoms with Crippen molar-refractivity contribution in [2.24, 2.45) is 0 Å². The molecule has 0 spiro atoms. The quantitative estimate of drug-likeness (QED) is 0.164. The van der Waals surface area contributed by atoms with Crippen LogP contribution in [0.1, 0.15) is 135 Å². The predicted molar refractivity (Wildman–Crippen MR) is 240 cm³/mol. The summed E-state index contributed by atoms with van der Waals surface area (Å²) in [6.07, 6.45) is 4.43. The lowest BCUT2D eigenvalue weighted by Gasteiger charge is -2.45. The molecule has 0 N–H and O–H groups in total. The number of aryl methyl sites for hydroxylation is 1. The van der Waals surface area contributed by atoms with Gasteiger partial charge in [-0.2, -0.15) is 0 Å². The maximum Gasteiger partial charge on any atom is 0.262 e. The van der Waals surface area contributed by atoms with E-state index >= 15 is 0 Å². The molecule has 0 bridgehead atoms. The summed E-state index contributed by atoms with van der Waals surface area (Å²) >= 11 is 2.00. The van der Waals surface area contributed by atoms with Crippen LogP contribution in [0.5, 0.6) is 0 Å². The van der Waals surface area contributed by atoms with Crippen molar-refractivity contribution in [3.8, 4) is 11.1 Å². The maximum absolute atomic E-state index is 5.46. The number of thiophene rings is 1. The van der Waals surface area contributed by atoms with Crippen molar-refractivity contribution in [3.63, 3.8) is 0 Å². The van der Waals surface area contributed by atoms with Crippen molar-refractivity contribution in [1.82, 2.24) is 4.98 Å². The molecule has 0 atom stereocenters. The van der Waals surface area contributed by atoms with Gasteiger partial charge in [-0.05, 0) is 110 Å². The van der Waals surface area contributed by atoms with E-state index in [4.69, 9.17) is 4.98 Å². The van der Waals surface area contributed by atoms with Crippen LogP contribution in [0.25, 0.3) is 21.2 Å². The molecule has 0 fully saturated rings. The van der Waals surface area contributed by atoms with E-state index in [0.717, 1.165) is 5.82 Å². The lowest BCUT2D eigenvalue weighted by molar-refractivity contribution is 0.332. The molecule has 0 saturated carbocycles. The first-order valence-corrected chi connectivity index (χ1v) is 21.3. The Hall–Kier alpha value is -4.15. The molecule has 2 aliphatic heterocycles. The summed E-state index contributed by atoms with van der Waals surface area (Å²) in [6.45, 7) is 30.9. The zero-order valence-electron chi connectivity index (χ0n) is 35.4. The van der Waals surface area contributed by atoms with Crippen LogP contribution >= 0.6 is 11.3 Å². The van der Waals surface area contributed by atoms with E-state index < -0.39 is 0 Å². The second kappa shape index (κ2) is 11.7. The van der Waals surface area contributed by atoms with Crippen LogP contribution in [-0.4, -0.2) is 11.7 Å². The van der Waals surface area contributed by atoms with Gasteiger partial charge in [-0.3, -0.25) is 4.90 Å². The van der Waals surface area contributed by atoms with Gasteiger partial charge in [0.25, 0.3) is 6.71 Å². The van der Waals surface area contributed by atoms with Gasteiger partial charge in [0.2, 0.25) is 0 Å². The van der Waals surface area contributed by atoms with Crippen LogP contribution in [0, 0.1) is 6.92 Å². The number of anilines is 3. The highest BCUT2D eigenvalue weighted by Crippen LogP contribution is 2.53. The topological polar surface area (TPSA) is 16.1 Å². The molecule has 2 aromatic heterocycles. The first-order chi connectivity index (χ1) is 25.7. The van der Waals surface area contributed by atoms with Gasteiger partial charge in [0.1, 0.15) is 5.82 Å². The zero-order chi connectivity index (χ0) is 39.2. The SMILES string of the molecule is Cc1ccc2c(c1)B1c3sc4cc(C(C)(C)C)ccc4c3N(c3cc4c(cc3-c3ccc(C(C)(C)C)cc3)C(C)(C)CCC4(C)C)c3nccc(c31)C2(C)C. The summed E-state index contributed by atoms with van der Waals surface area (Å²) in [5.74, 6) is 1.08. The smallest absolute Gasteiger partial charge is 0.262 e. The van der Waals surface area contributed by atoms with Crippen LogP contribution in [-0.2, 0) is 27.1 Å². The van der Waals surface area contributed by atoms with Crippen molar-refractivity contribution in [2.45, 2.75) is 130 Å². The molecule has 0 radical (unpaired) electrons. The molecule has 280 valence electrons. The Balaban J connectivity index is 1.42. The van der Waals surface area contributed by atoms with E-state index in [-0.39, 0.29) is 33.8 Å². The Labute approximate surface area is 334 Å². The van der Waals surface area contributed by atoms with Crippen LogP contribution in [0.2, 0.25) is 0 Å². The van der Waals surface area contributed by atoms with Crippen LogP contribution in [0.15, 0.2) is 85.1 Å². The molecule has 4 heterocycles. The van der Waals surface area contributed by atoms with Gasteiger partial charge < -0.3 is 0 Å². The number of aromatic nitrogens is 1. The van der Waals surface area contributed by atoms with Crippen LogP contribution < -0.4 is 20.6 Å². The van der Waals surface area contributed by atoms with Gasteiger partial charge in [-0.1, -0.05) is 149 Å². The molecule has 3 aliphatic rings. The Kier molecular flexibility index (Phi) is 7.76. The van der Waals surface area contributed by atoms with Crippen molar-refractivity contribution in [1.29, 1.82) is 0 Å². The molecule has 0 unspecified atom stereocenters. The normalized spacial score (nSPS) is 17.8. The third kappa shape index (κ3) is 5.44. The van der Waals surface area contributed by atoms with Gasteiger partial charge in [-0.25, -0.2) is 4.98 Å². The Bertz CT molecular complexity index is 2550. The first-order valence-electron chi connectivity index (χ1n) is 20.5. The fourth-order valence-electron chi connectivity index (χ4n) is 10.0. The van der Waals surface area contributed by atoms with E-state index in [1.54, 1.807) is 0 Å². The van der Waals surface area contributed by atoms with Crippen molar-refractivity contribution >= 4 is 61.0 Å². The second-order valence-corrected chi connectivity index (χ2v) is 21.9. The fraction of sp³-hybridized carbons (Fsp3) is 0.392. The minimum atomic E-state index is -0.167. The Morgan fingerprint density at radius 3 is 1.96 bits per heavy atom. The van der Waals surface area contributed by atoms with E-state index in [9.17, 15) is 0 Å². The third-order valence-corrected chi connectivity index (χ3v) is 14.9. The van der Waals surface area contributed by atoms with E-state index in [2.05, 4.69) is 180 Å². The summed E-state index contributed by atoms with van der Waals surface area (Å²) in [5.41, 5.74) is 17.8. The molecule has 1 aliphatic carbocycles. The highest BCUT2D eigenvalue weighted by molar-refractivity contribution is 7.33. The highest BCUT2D eigenvalue weighted by atomic mass is 32.1. The summed E-state index contributed by atoms with van der Waals surface area (Å²) in [4.78, 5) is 8.07. The molecule has 0 saturated heterocycles. The second-order valence-electron chi connectivity index (χ2n) is 20.9. The van der Waals surface area contributed by atoms with Crippen LogP contribution in [0.3, 0.4) is 0 Å². The van der Waals surface area contributed by atoms with Gasteiger partial charge >= 0.3 is 0 Å². The molecule has 4 heteroatoms. The summed E-state index contributed by atoms with van der Waals surface area (Å²) in [6, 6.07) is 31.4. The highest BCUT2D eigenvalue weighted by Gasteiger charge is 2.49. The minimum Gasteiger partial charge on any atom is -0.294 e. The Morgan fingerprint density at radius 1 is 0.673 bits per heavy atom. The van der Waals surface area contributed by atoms with E-state index in [1.807, 2.05) is 11.3 Å². The van der Waals surface area contributed by atoms with E-state index in [1.165, 1.54) is 100 Å². The monoisotopic (exact) mass is 740 g/mol. The summed E-state index contributed by atoms with van der Waals surface area (Å²) in [7, 11) is 0. The third-order valence-electron chi connectivity index (χ3n) is 13.6. The number of pyridine rings is 1. The largest absolute Gasteiger partial charge is 0.294 e. The van der Waals surface area contributed by atoms with Crippen LogP contribution in [0.4, 0.5) is 17.2 Å².